The molecule has 1 aliphatic carbocycles. The average Bonchev–Trinajstić information content (AvgIpc) is 3.35. The molecule has 2 aromatic heterocycles. The lowest BCUT2D eigenvalue weighted by Crippen LogP contribution is -2.25. The molecule has 4 rings (SSSR count). The molecule has 0 unspecified atom stereocenters. The molecule has 3 aromatic rings. The maximum absolute atomic E-state index is 12.3. The molecule has 0 saturated heterocycles. The third-order valence-corrected chi connectivity index (χ3v) is 5.83. The second-order valence-electron chi connectivity index (χ2n) is 7.72. The summed E-state index contributed by atoms with van der Waals surface area (Å²) in [6.07, 6.45) is 9.64. The molecule has 0 bridgehead atoms. The van der Waals surface area contributed by atoms with Gasteiger partial charge in [0.1, 0.15) is 0 Å². The number of rotatable bonds is 7. The van der Waals surface area contributed by atoms with E-state index in [9.17, 15) is 4.79 Å². The smallest absolute Gasteiger partial charge is 0.250 e. The minimum atomic E-state index is -0.409. The molecule has 1 aromatic carbocycles. The summed E-state index contributed by atoms with van der Waals surface area (Å²) in [4.78, 5) is 16.4. The zero-order valence-corrected chi connectivity index (χ0v) is 17.0. The number of fused-ring (bicyclic) bond motifs is 1. The second kappa shape index (κ2) is 8.39. The van der Waals surface area contributed by atoms with Crippen molar-refractivity contribution in [2.75, 3.05) is 20.3 Å². The molecule has 0 radical (unpaired) electrons. The highest BCUT2D eigenvalue weighted by molar-refractivity contribution is 6.06. The lowest BCUT2D eigenvalue weighted by Gasteiger charge is -2.31. The Morgan fingerprint density at radius 3 is 2.66 bits per heavy atom. The van der Waals surface area contributed by atoms with Gasteiger partial charge in [-0.2, -0.15) is 0 Å². The van der Waals surface area contributed by atoms with Gasteiger partial charge < -0.3 is 24.3 Å². The fourth-order valence-corrected chi connectivity index (χ4v) is 4.48. The number of primary amides is 1. The number of nitrogens with zero attached hydrogens (tertiary/aromatic N) is 3. The van der Waals surface area contributed by atoms with Crippen molar-refractivity contribution in [3.63, 3.8) is 0 Å². The van der Waals surface area contributed by atoms with Gasteiger partial charge >= 0.3 is 0 Å². The molecule has 0 atom stereocenters. The van der Waals surface area contributed by atoms with E-state index in [4.69, 9.17) is 15.2 Å². The number of ether oxygens (including phenoxy) is 2. The van der Waals surface area contributed by atoms with Crippen molar-refractivity contribution in [1.29, 1.82) is 0 Å². The van der Waals surface area contributed by atoms with Crippen LogP contribution >= 0.6 is 0 Å². The first-order valence-corrected chi connectivity index (χ1v) is 10.1. The zero-order valence-electron chi connectivity index (χ0n) is 17.0. The van der Waals surface area contributed by atoms with Gasteiger partial charge in [0, 0.05) is 42.3 Å². The number of hydrogen-bond donors (Lipinski definition) is 1. The quantitative estimate of drug-likeness (QED) is 0.621. The molecule has 1 amide bonds. The van der Waals surface area contributed by atoms with Crippen molar-refractivity contribution >= 4 is 16.8 Å². The molecule has 154 valence electrons. The summed E-state index contributed by atoms with van der Waals surface area (Å²) in [6.45, 7) is 3.37. The van der Waals surface area contributed by atoms with Crippen LogP contribution in [0.1, 0.15) is 47.8 Å². The van der Waals surface area contributed by atoms with Crippen molar-refractivity contribution < 1.29 is 14.3 Å². The lowest BCUT2D eigenvalue weighted by molar-refractivity contribution is -0.00629. The van der Waals surface area contributed by atoms with E-state index in [2.05, 4.69) is 28.6 Å². The standard InChI is InChI=1S/C22H28N4O3/c1-15-11-16-12-18(25-8-7-24-14-25)13-20(22(23)27)21(16)26(15)17-3-5-19(6-4-17)29-10-9-28-2/h7-8,11-14,17,19H,3-6,9-10H2,1-2H3,(H2,23,27). The van der Waals surface area contributed by atoms with Gasteiger partial charge in [-0.1, -0.05) is 0 Å². The van der Waals surface area contributed by atoms with E-state index in [1.807, 2.05) is 16.8 Å². The van der Waals surface area contributed by atoms with E-state index < -0.39 is 5.91 Å². The zero-order chi connectivity index (χ0) is 20.4. The molecule has 0 spiro atoms. The number of aromatic nitrogens is 3. The van der Waals surface area contributed by atoms with Crippen molar-refractivity contribution in [3.05, 3.63) is 48.2 Å². The summed E-state index contributed by atoms with van der Waals surface area (Å²) in [5.41, 5.74) is 9.31. The molecule has 1 fully saturated rings. The summed E-state index contributed by atoms with van der Waals surface area (Å²) in [5, 5.41) is 1.03. The molecule has 7 heteroatoms. The number of benzene rings is 1. The van der Waals surface area contributed by atoms with Gasteiger partial charge in [0.15, 0.2) is 0 Å². The Morgan fingerprint density at radius 2 is 2.00 bits per heavy atom. The Labute approximate surface area is 170 Å². The van der Waals surface area contributed by atoms with E-state index in [1.54, 1.807) is 19.6 Å². The van der Waals surface area contributed by atoms with Gasteiger partial charge in [-0.25, -0.2) is 4.98 Å². The Morgan fingerprint density at radius 1 is 1.21 bits per heavy atom. The van der Waals surface area contributed by atoms with Crippen molar-refractivity contribution in [2.24, 2.45) is 5.73 Å². The Hall–Kier alpha value is -2.64. The molecule has 0 aliphatic heterocycles. The molecular weight excluding hydrogens is 368 g/mol. The number of carbonyl (C=O) groups is 1. The minimum absolute atomic E-state index is 0.284. The monoisotopic (exact) mass is 396 g/mol. The Kier molecular flexibility index (Phi) is 5.69. The van der Waals surface area contributed by atoms with Gasteiger partial charge in [-0.15, -0.1) is 0 Å². The van der Waals surface area contributed by atoms with Crippen LogP contribution in [0, 0.1) is 6.92 Å². The van der Waals surface area contributed by atoms with Gasteiger partial charge in [0.2, 0.25) is 0 Å². The summed E-state index contributed by atoms with van der Waals surface area (Å²) >= 11 is 0. The maximum atomic E-state index is 12.3. The number of imidazole rings is 1. The third-order valence-electron chi connectivity index (χ3n) is 5.83. The van der Waals surface area contributed by atoms with Crippen molar-refractivity contribution in [3.8, 4) is 5.69 Å². The normalized spacial score (nSPS) is 19.7. The average molecular weight is 396 g/mol. The fourth-order valence-electron chi connectivity index (χ4n) is 4.48. The Bertz CT molecular complexity index is 985. The van der Waals surface area contributed by atoms with E-state index in [0.717, 1.165) is 48.0 Å². The van der Waals surface area contributed by atoms with E-state index in [1.165, 1.54) is 0 Å². The number of aryl methyl sites for hydroxylation is 1. The molecule has 7 nitrogen and oxygen atoms in total. The van der Waals surface area contributed by atoms with E-state index in [-0.39, 0.29) is 6.10 Å². The summed E-state index contributed by atoms with van der Waals surface area (Å²) in [5.74, 6) is -0.409. The molecular formula is C22H28N4O3. The van der Waals surface area contributed by atoms with E-state index in [0.29, 0.717) is 24.8 Å². The molecule has 2 N–H and O–H groups in total. The molecule has 1 aliphatic rings. The van der Waals surface area contributed by atoms with Gasteiger partial charge in [-0.3, -0.25) is 4.79 Å². The summed E-state index contributed by atoms with van der Waals surface area (Å²) in [6, 6.07) is 6.43. The first-order valence-electron chi connectivity index (χ1n) is 10.1. The first-order chi connectivity index (χ1) is 14.1. The highest BCUT2D eigenvalue weighted by atomic mass is 16.5. The van der Waals surface area contributed by atoms with Crippen LogP contribution in [0.15, 0.2) is 36.9 Å². The van der Waals surface area contributed by atoms with Crippen LogP contribution in [-0.4, -0.2) is 46.5 Å². The fraction of sp³-hybridized carbons (Fsp3) is 0.455. The first kappa shape index (κ1) is 19.7. The van der Waals surface area contributed by atoms with Crippen LogP contribution in [0.2, 0.25) is 0 Å². The highest BCUT2D eigenvalue weighted by Crippen LogP contribution is 2.36. The third kappa shape index (κ3) is 3.93. The predicted octanol–water partition coefficient (Wildman–Crippen LogP) is 3.38. The maximum Gasteiger partial charge on any atom is 0.250 e. The molecule has 29 heavy (non-hydrogen) atoms. The van der Waals surface area contributed by atoms with Gasteiger partial charge in [0.25, 0.3) is 5.91 Å². The molecule has 2 heterocycles. The topological polar surface area (TPSA) is 84.3 Å². The lowest BCUT2D eigenvalue weighted by atomic mass is 9.92. The molecule has 1 saturated carbocycles. The van der Waals surface area contributed by atoms with Crippen molar-refractivity contribution in [1.82, 2.24) is 14.1 Å². The van der Waals surface area contributed by atoms with Crippen LogP contribution in [0.3, 0.4) is 0 Å². The SMILES string of the molecule is COCCOC1CCC(n2c(C)cc3cc(-n4ccnc4)cc(C(N)=O)c32)CC1. The largest absolute Gasteiger partial charge is 0.382 e. The van der Waals surface area contributed by atoms with Crippen LogP contribution in [0.25, 0.3) is 16.6 Å². The number of hydrogen-bond acceptors (Lipinski definition) is 4. The Balaban J connectivity index is 1.65. The number of nitrogens with two attached hydrogens (primary N) is 1. The van der Waals surface area contributed by atoms with Crippen LogP contribution in [0.4, 0.5) is 0 Å². The van der Waals surface area contributed by atoms with Crippen molar-refractivity contribution in [2.45, 2.75) is 44.8 Å². The van der Waals surface area contributed by atoms with Gasteiger partial charge in [-0.05, 0) is 50.8 Å². The van der Waals surface area contributed by atoms with Crippen LogP contribution < -0.4 is 5.73 Å². The van der Waals surface area contributed by atoms with Gasteiger partial charge in [0.05, 0.1) is 36.7 Å². The second-order valence-corrected chi connectivity index (χ2v) is 7.72. The van der Waals surface area contributed by atoms with Crippen LogP contribution in [0.5, 0.6) is 0 Å². The highest BCUT2D eigenvalue weighted by Gasteiger charge is 2.26. The summed E-state index contributed by atoms with van der Waals surface area (Å²) in [7, 11) is 1.69. The predicted molar refractivity (Wildman–Crippen MR) is 111 cm³/mol. The summed E-state index contributed by atoms with van der Waals surface area (Å²) < 4.78 is 15.2. The number of carbonyl (C=O) groups excluding carboxylic acids is 1. The van der Waals surface area contributed by atoms with E-state index >= 15 is 0 Å². The minimum Gasteiger partial charge on any atom is -0.382 e. The number of amides is 1. The number of methoxy groups -OCH3 is 1. The van der Waals surface area contributed by atoms with Crippen LogP contribution in [-0.2, 0) is 9.47 Å².